The summed E-state index contributed by atoms with van der Waals surface area (Å²) in [7, 11) is 1.98. The first-order valence-electron chi connectivity index (χ1n) is 6.23. The van der Waals surface area contributed by atoms with Crippen LogP contribution in [-0.4, -0.2) is 4.57 Å². The van der Waals surface area contributed by atoms with Gasteiger partial charge in [-0.1, -0.05) is 62.2 Å². The van der Waals surface area contributed by atoms with Crippen LogP contribution in [0.15, 0.2) is 61.3 Å². The van der Waals surface area contributed by atoms with Crippen molar-refractivity contribution in [1.29, 1.82) is 0 Å². The minimum Gasteiger partial charge on any atom is -0.351 e. The van der Waals surface area contributed by atoms with Gasteiger partial charge in [0, 0.05) is 24.2 Å². The Bertz CT molecular complexity index is 656. The summed E-state index contributed by atoms with van der Waals surface area (Å²) in [5.41, 5.74) is 2.18. The molecule has 0 aliphatic carbocycles. The van der Waals surface area contributed by atoms with Gasteiger partial charge in [0.25, 0.3) is 0 Å². The Labute approximate surface area is 115 Å². The lowest BCUT2D eigenvalue weighted by atomic mass is 10.1. The Kier molecular flexibility index (Phi) is 5.62. The van der Waals surface area contributed by atoms with Gasteiger partial charge in [-0.3, -0.25) is 0 Å². The lowest BCUT2D eigenvalue weighted by Crippen LogP contribution is -2.13. The van der Waals surface area contributed by atoms with Crippen molar-refractivity contribution in [1.82, 2.24) is 4.57 Å². The summed E-state index contributed by atoms with van der Waals surface area (Å²) in [6.07, 6.45) is 9.83. The van der Waals surface area contributed by atoms with E-state index in [0.717, 1.165) is 21.7 Å². The van der Waals surface area contributed by atoms with Gasteiger partial charge in [0.2, 0.25) is 0 Å². The van der Waals surface area contributed by atoms with Crippen molar-refractivity contribution < 1.29 is 0 Å². The fourth-order valence-electron chi connectivity index (χ4n) is 1.68. The summed E-state index contributed by atoms with van der Waals surface area (Å²) >= 11 is 0. The predicted octanol–water partition coefficient (Wildman–Crippen LogP) is 3.12. The fraction of sp³-hybridized carbons (Fsp3) is 0.111. The van der Waals surface area contributed by atoms with Crippen molar-refractivity contribution in [3.8, 4) is 0 Å². The Morgan fingerprint density at radius 2 is 1.89 bits per heavy atom. The lowest BCUT2D eigenvalue weighted by molar-refractivity contribution is 0.873. The van der Waals surface area contributed by atoms with E-state index in [1.165, 1.54) is 0 Å². The van der Waals surface area contributed by atoms with Gasteiger partial charge in [-0.25, -0.2) is 0 Å². The molecule has 1 aromatic heterocycles. The zero-order valence-electron chi connectivity index (χ0n) is 11.8. The van der Waals surface area contributed by atoms with E-state index in [1.54, 1.807) is 6.08 Å². The molecule has 0 aliphatic heterocycles. The van der Waals surface area contributed by atoms with Crippen molar-refractivity contribution in [2.45, 2.75) is 6.92 Å². The summed E-state index contributed by atoms with van der Waals surface area (Å²) in [5.74, 6) is 0. The molecule has 98 valence electrons. The third kappa shape index (κ3) is 4.14. The van der Waals surface area contributed by atoms with Gasteiger partial charge in [-0.15, -0.1) is 0 Å². The van der Waals surface area contributed by atoms with Crippen LogP contribution >= 0.6 is 0 Å². The molecular weight excluding hydrogens is 230 g/mol. The minimum atomic E-state index is 0.931. The van der Waals surface area contributed by atoms with E-state index < -0.39 is 0 Å². The Hall–Kier alpha value is -2.28. The maximum absolute atomic E-state index is 4.13. The highest BCUT2D eigenvalue weighted by atomic mass is 14.9. The van der Waals surface area contributed by atoms with Gasteiger partial charge in [-0.2, -0.15) is 0 Å². The first kappa shape index (κ1) is 14.8. The van der Waals surface area contributed by atoms with Crippen molar-refractivity contribution in [2.24, 2.45) is 7.05 Å². The van der Waals surface area contributed by atoms with Crippen molar-refractivity contribution in [3.05, 3.63) is 77.5 Å². The predicted molar refractivity (Wildman–Crippen MR) is 86.3 cm³/mol. The van der Waals surface area contributed by atoms with Gasteiger partial charge in [0.05, 0.1) is 0 Å². The monoisotopic (exact) mass is 251 g/mol. The first-order valence-corrected chi connectivity index (χ1v) is 6.23. The molecular formula is C18H21N. The summed E-state index contributed by atoms with van der Waals surface area (Å²) in [4.78, 5) is 0. The van der Waals surface area contributed by atoms with Crippen molar-refractivity contribution >= 4 is 18.7 Å². The van der Waals surface area contributed by atoms with Crippen molar-refractivity contribution in [3.63, 3.8) is 0 Å². The van der Waals surface area contributed by atoms with E-state index in [1.807, 2.05) is 61.2 Å². The molecule has 0 bridgehead atoms. The van der Waals surface area contributed by atoms with Gasteiger partial charge in [-0.05, 0) is 23.8 Å². The average Bonchev–Trinajstić information content (AvgIpc) is 2.46. The normalized spacial score (nSPS) is 11.4. The van der Waals surface area contributed by atoms with Crippen LogP contribution in [0.4, 0.5) is 0 Å². The van der Waals surface area contributed by atoms with Crippen LogP contribution in [0.25, 0.3) is 18.7 Å². The Morgan fingerprint density at radius 1 is 1.21 bits per heavy atom. The molecule has 0 spiro atoms. The first-order chi connectivity index (χ1) is 9.10. The van der Waals surface area contributed by atoms with E-state index in [9.17, 15) is 0 Å². The molecule has 0 N–H and O–H groups in total. The van der Waals surface area contributed by atoms with Crippen molar-refractivity contribution in [2.75, 3.05) is 0 Å². The lowest BCUT2D eigenvalue weighted by Gasteiger charge is -2.03. The number of allylic oxidation sites excluding steroid dienone is 5. The van der Waals surface area contributed by atoms with Gasteiger partial charge in [0.15, 0.2) is 0 Å². The molecule has 0 saturated heterocycles. The van der Waals surface area contributed by atoms with Gasteiger partial charge < -0.3 is 4.57 Å². The van der Waals surface area contributed by atoms with Crippen LogP contribution < -0.4 is 10.6 Å². The molecule has 0 radical (unpaired) electrons. The summed E-state index contributed by atoms with van der Waals surface area (Å²) < 4.78 is 2.00. The van der Waals surface area contributed by atoms with Crippen LogP contribution in [0.2, 0.25) is 0 Å². The molecule has 1 rings (SSSR count). The molecule has 0 amide bonds. The molecule has 1 heteroatoms. The molecule has 1 aromatic rings. The number of hydrogen-bond donors (Lipinski definition) is 0. The van der Waals surface area contributed by atoms with Gasteiger partial charge in [0.1, 0.15) is 0 Å². The molecule has 0 aromatic carbocycles. The molecule has 0 atom stereocenters. The Morgan fingerprint density at radius 3 is 2.53 bits per heavy atom. The van der Waals surface area contributed by atoms with Gasteiger partial charge >= 0.3 is 0 Å². The molecule has 0 saturated carbocycles. The van der Waals surface area contributed by atoms with Crippen LogP contribution in [-0.2, 0) is 7.05 Å². The van der Waals surface area contributed by atoms with Crippen LogP contribution in [0.5, 0.6) is 0 Å². The molecule has 0 aliphatic rings. The second-order valence-corrected chi connectivity index (χ2v) is 4.23. The molecule has 0 unspecified atom stereocenters. The highest BCUT2D eigenvalue weighted by molar-refractivity contribution is 5.73. The zero-order chi connectivity index (χ0) is 14.3. The highest BCUT2D eigenvalue weighted by Crippen LogP contribution is 2.10. The molecule has 0 fully saturated rings. The van der Waals surface area contributed by atoms with E-state index in [-0.39, 0.29) is 0 Å². The highest BCUT2D eigenvalue weighted by Gasteiger charge is 1.96. The third-order valence-electron chi connectivity index (χ3n) is 2.85. The second kappa shape index (κ2) is 7.22. The smallest absolute Gasteiger partial charge is 0.0330 e. The molecule has 1 nitrogen and oxygen atoms in total. The maximum Gasteiger partial charge on any atom is 0.0330 e. The Balaban J connectivity index is 3.68. The van der Waals surface area contributed by atoms with E-state index >= 15 is 0 Å². The number of rotatable bonds is 3. The quantitative estimate of drug-likeness (QED) is 0.727. The summed E-state index contributed by atoms with van der Waals surface area (Å²) in [6, 6.07) is 7.92. The largest absolute Gasteiger partial charge is 0.351 e. The number of aryl methyl sites for hydroxylation is 1. The minimum absolute atomic E-state index is 0.931. The average molecular weight is 251 g/mol. The number of hydrogen-bond acceptors (Lipinski definition) is 0. The number of nitrogens with zero attached hydrogens (tertiary/aromatic N) is 1. The zero-order valence-corrected chi connectivity index (χ0v) is 11.8. The van der Waals surface area contributed by atoms with E-state index in [0.29, 0.717) is 0 Å². The van der Waals surface area contributed by atoms with Crippen LogP contribution in [0.3, 0.4) is 0 Å². The topological polar surface area (TPSA) is 4.93 Å². The molecule has 1 heterocycles. The standard InChI is InChI=1S/C18H21N/c1-6-8-13-17(7-2)18-14-19(5)16(4)12-10-9-11-15(18)3/h6-14H,1,3-4H2,2,5H3/b11-9?,12-10?,13-8-,17-7+,18-14?. The third-order valence-corrected chi connectivity index (χ3v) is 2.85. The van der Waals surface area contributed by atoms with E-state index in [2.05, 4.69) is 25.8 Å². The molecule has 19 heavy (non-hydrogen) atoms. The van der Waals surface area contributed by atoms with Crippen LogP contribution in [0, 0.1) is 0 Å². The maximum atomic E-state index is 4.13. The second-order valence-electron chi connectivity index (χ2n) is 4.23. The SMILES string of the molecule is C=C/C=C\C(=C/C)c1cn(C)c(=C)ccccc1=C. The van der Waals surface area contributed by atoms with Crippen LogP contribution in [0.1, 0.15) is 12.5 Å². The van der Waals surface area contributed by atoms with E-state index in [4.69, 9.17) is 0 Å². The summed E-state index contributed by atoms with van der Waals surface area (Å²) in [5, 5.41) is 1.90. The number of aromatic nitrogens is 1. The summed E-state index contributed by atoms with van der Waals surface area (Å²) in [6.45, 7) is 13.9. The fourth-order valence-corrected chi connectivity index (χ4v) is 1.68.